The topological polar surface area (TPSA) is 125 Å². The molecule has 0 saturated carbocycles. The number of carbonyl (C=O) groups is 1. The highest BCUT2D eigenvalue weighted by atomic mass is 32.2. The Bertz CT molecular complexity index is 1720. The number of para-hydroxylation sites is 1. The van der Waals surface area contributed by atoms with Crippen molar-refractivity contribution in [3.05, 3.63) is 95.8 Å². The van der Waals surface area contributed by atoms with Crippen LogP contribution in [0.3, 0.4) is 0 Å². The average Bonchev–Trinajstić information content (AvgIpc) is 3.56. The molecule has 2 heterocycles. The van der Waals surface area contributed by atoms with Crippen LogP contribution in [0.2, 0.25) is 0 Å². The molecular weight excluding hydrogens is 543 g/mol. The lowest BCUT2D eigenvalue weighted by molar-refractivity contribution is -0.117. The standard InChI is InChI=1S/C27H23FN4O5S2/c1-37-21-12-6-17(7-13-21)24-16-38-27(30-24)31-26(33)25(14-18-15-29-23-5-3-2-4-22(18)23)32(39(34,35)36)20-10-8-19(28)9-11-20/h2-13,15-16,25,29H,14H2,1H3,(H,30,31,33)(H,34,35,36)/t25-/m0/s1. The fraction of sp³-hybridized carbons (Fsp3) is 0.111. The van der Waals surface area contributed by atoms with Crippen molar-refractivity contribution < 1.29 is 26.9 Å². The summed E-state index contributed by atoms with van der Waals surface area (Å²) in [7, 11) is -3.39. The summed E-state index contributed by atoms with van der Waals surface area (Å²) in [5.74, 6) is -0.632. The molecule has 0 spiro atoms. The molecule has 0 saturated heterocycles. The fourth-order valence-corrected chi connectivity index (χ4v) is 5.87. The number of aromatic nitrogens is 2. The maximum atomic E-state index is 13.7. The van der Waals surface area contributed by atoms with Crippen molar-refractivity contribution in [2.45, 2.75) is 12.5 Å². The molecule has 9 nitrogen and oxygen atoms in total. The summed E-state index contributed by atoms with van der Waals surface area (Å²) in [6, 6.07) is 17.6. The quantitative estimate of drug-likeness (QED) is 0.208. The monoisotopic (exact) mass is 566 g/mol. The predicted molar refractivity (Wildman–Crippen MR) is 149 cm³/mol. The highest BCUT2D eigenvalue weighted by Gasteiger charge is 2.35. The Morgan fingerprint density at radius 3 is 2.54 bits per heavy atom. The number of nitrogens with one attached hydrogen (secondary N) is 2. The number of methoxy groups -OCH3 is 1. The van der Waals surface area contributed by atoms with Gasteiger partial charge in [0, 0.05) is 34.5 Å². The van der Waals surface area contributed by atoms with Crippen molar-refractivity contribution in [3.63, 3.8) is 0 Å². The summed E-state index contributed by atoms with van der Waals surface area (Å²) in [4.78, 5) is 21.2. The number of aromatic amines is 1. The molecule has 2 aromatic heterocycles. The van der Waals surface area contributed by atoms with Crippen molar-refractivity contribution in [2.75, 3.05) is 16.7 Å². The zero-order valence-electron chi connectivity index (χ0n) is 20.5. The zero-order chi connectivity index (χ0) is 27.6. The molecule has 0 fully saturated rings. The number of rotatable bonds is 9. The van der Waals surface area contributed by atoms with Crippen molar-refractivity contribution in [2.24, 2.45) is 0 Å². The Kier molecular flexibility index (Phi) is 7.33. The third-order valence-corrected chi connectivity index (χ3v) is 7.84. The Hall–Kier alpha value is -4.26. The summed E-state index contributed by atoms with van der Waals surface area (Å²) in [5.41, 5.74) is 2.79. The number of fused-ring (bicyclic) bond motifs is 1. The lowest BCUT2D eigenvalue weighted by Crippen LogP contribution is -2.48. The van der Waals surface area contributed by atoms with Crippen LogP contribution in [0.1, 0.15) is 5.56 Å². The number of hydrogen-bond donors (Lipinski definition) is 3. The summed E-state index contributed by atoms with van der Waals surface area (Å²) in [6.45, 7) is 0. The molecule has 5 rings (SSSR count). The predicted octanol–water partition coefficient (Wildman–Crippen LogP) is 5.30. The second kappa shape index (κ2) is 10.8. The lowest BCUT2D eigenvalue weighted by Gasteiger charge is -2.29. The van der Waals surface area contributed by atoms with Crippen molar-refractivity contribution in [1.82, 2.24) is 9.97 Å². The summed E-state index contributed by atoms with van der Waals surface area (Å²) in [6.07, 6.45) is 1.59. The van der Waals surface area contributed by atoms with Crippen LogP contribution in [0.4, 0.5) is 15.2 Å². The van der Waals surface area contributed by atoms with E-state index >= 15 is 0 Å². The van der Waals surface area contributed by atoms with Gasteiger partial charge in [-0.25, -0.2) is 13.7 Å². The molecule has 39 heavy (non-hydrogen) atoms. The zero-order valence-corrected chi connectivity index (χ0v) is 22.2. The number of anilines is 2. The molecule has 1 amide bonds. The molecule has 0 unspecified atom stereocenters. The minimum absolute atomic E-state index is 0.0723. The molecule has 0 aliphatic heterocycles. The lowest BCUT2D eigenvalue weighted by atomic mass is 10.0. The fourth-order valence-electron chi connectivity index (χ4n) is 4.27. The van der Waals surface area contributed by atoms with Gasteiger partial charge < -0.3 is 15.0 Å². The van der Waals surface area contributed by atoms with E-state index in [-0.39, 0.29) is 17.2 Å². The van der Waals surface area contributed by atoms with Gasteiger partial charge in [0.1, 0.15) is 17.6 Å². The number of H-pyrrole nitrogens is 1. The smallest absolute Gasteiger partial charge is 0.360 e. The summed E-state index contributed by atoms with van der Waals surface area (Å²) >= 11 is 1.17. The molecule has 200 valence electrons. The Labute approximate surface area is 227 Å². The molecule has 5 aromatic rings. The van der Waals surface area contributed by atoms with Gasteiger partial charge >= 0.3 is 10.3 Å². The normalized spacial score (nSPS) is 12.3. The number of halogens is 1. The first kappa shape index (κ1) is 26.4. The van der Waals surface area contributed by atoms with Gasteiger partial charge in [-0.05, 0) is 60.2 Å². The third kappa shape index (κ3) is 5.77. The summed E-state index contributed by atoms with van der Waals surface area (Å²) in [5, 5.41) is 5.48. The van der Waals surface area contributed by atoms with Crippen LogP contribution < -0.4 is 14.4 Å². The molecule has 3 N–H and O–H groups in total. The highest BCUT2D eigenvalue weighted by molar-refractivity contribution is 7.87. The van der Waals surface area contributed by atoms with Crippen LogP contribution >= 0.6 is 11.3 Å². The Morgan fingerprint density at radius 1 is 1.13 bits per heavy atom. The first-order valence-corrected chi connectivity index (χ1v) is 14.0. The maximum absolute atomic E-state index is 13.7. The number of thiazole rings is 1. The van der Waals surface area contributed by atoms with E-state index in [2.05, 4.69) is 15.3 Å². The Balaban J connectivity index is 1.50. The molecule has 0 aliphatic carbocycles. The van der Waals surface area contributed by atoms with E-state index in [1.165, 1.54) is 23.5 Å². The molecule has 0 bridgehead atoms. The largest absolute Gasteiger partial charge is 0.497 e. The van der Waals surface area contributed by atoms with Crippen molar-refractivity contribution in [1.29, 1.82) is 0 Å². The van der Waals surface area contributed by atoms with Gasteiger partial charge in [0.15, 0.2) is 5.13 Å². The molecular formula is C27H23FN4O5S2. The number of ether oxygens (including phenoxy) is 1. The average molecular weight is 567 g/mol. The van der Waals surface area contributed by atoms with Crippen LogP contribution in [0, 0.1) is 5.82 Å². The number of nitrogens with zero attached hydrogens (tertiary/aromatic N) is 2. The van der Waals surface area contributed by atoms with Gasteiger partial charge in [0.2, 0.25) is 5.91 Å². The van der Waals surface area contributed by atoms with E-state index in [9.17, 15) is 22.2 Å². The third-order valence-electron chi connectivity index (χ3n) is 6.12. The minimum Gasteiger partial charge on any atom is -0.497 e. The van der Waals surface area contributed by atoms with Crippen molar-refractivity contribution in [3.8, 4) is 17.0 Å². The van der Waals surface area contributed by atoms with Gasteiger partial charge in [-0.1, -0.05) is 18.2 Å². The van der Waals surface area contributed by atoms with E-state index in [0.29, 0.717) is 21.3 Å². The van der Waals surface area contributed by atoms with Gasteiger partial charge in [0.25, 0.3) is 0 Å². The van der Waals surface area contributed by atoms with Gasteiger partial charge in [-0.3, -0.25) is 9.35 Å². The second-order valence-electron chi connectivity index (χ2n) is 8.59. The maximum Gasteiger partial charge on any atom is 0.360 e. The molecule has 0 aliphatic rings. The second-order valence-corrected chi connectivity index (χ2v) is 10.7. The Morgan fingerprint density at radius 2 is 1.85 bits per heavy atom. The van der Waals surface area contributed by atoms with E-state index in [0.717, 1.165) is 28.6 Å². The van der Waals surface area contributed by atoms with E-state index in [4.69, 9.17) is 4.74 Å². The van der Waals surface area contributed by atoms with Crippen LogP contribution in [-0.2, 0) is 21.5 Å². The number of hydrogen-bond acceptors (Lipinski definition) is 6. The van der Waals surface area contributed by atoms with Crippen LogP contribution in [0.15, 0.2) is 84.4 Å². The van der Waals surface area contributed by atoms with Crippen LogP contribution in [-0.4, -0.2) is 42.0 Å². The summed E-state index contributed by atoms with van der Waals surface area (Å²) < 4.78 is 54.9. The van der Waals surface area contributed by atoms with Crippen LogP contribution in [0.25, 0.3) is 22.2 Å². The number of benzene rings is 3. The molecule has 3 aromatic carbocycles. The first-order valence-electron chi connectivity index (χ1n) is 11.7. The van der Waals surface area contributed by atoms with Gasteiger partial charge in [-0.15, -0.1) is 11.3 Å². The minimum atomic E-state index is -4.96. The van der Waals surface area contributed by atoms with Crippen molar-refractivity contribution >= 4 is 49.3 Å². The van der Waals surface area contributed by atoms with Gasteiger partial charge in [-0.2, -0.15) is 8.42 Å². The molecule has 12 heteroatoms. The van der Waals surface area contributed by atoms with E-state index in [1.807, 2.05) is 36.4 Å². The van der Waals surface area contributed by atoms with Gasteiger partial charge in [0.05, 0.1) is 18.5 Å². The van der Waals surface area contributed by atoms with E-state index < -0.39 is 28.1 Å². The molecule has 0 radical (unpaired) electrons. The van der Waals surface area contributed by atoms with E-state index in [1.54, 1.807) is 30.8 Å². The highest BCUT2D eigenvalue weighted by Crippen LogP contribution is 2.29. The van der Waals surface area contributed by atoms with Crippen LogP contribution in [0.5, 0.6) is 5.75 Å². The SMILES string of the molecule is COc1ccc(-c2csc(NC(=O)[C@H](Cc3c[nH]c4ccccc34)N(c3ccc(F)cc3)S(=O)(=O)O)n2)cc1. The molecule has 1 atom stereocenters. The number of amides is 1. The first-order chi connectivity index (χ1) is 18.7. The number of carbonyl (C=O) groups excluding carboxylic acids is 1.